The molecule has 2 aromatic heterocycles. The monoisotopic (exact) mass is 290 g/mol. The van der Waals surface area contributed by atoms with E-state index in [2.05, 4.69) is 45.5 Å². The van der Waals surface area contributed by atoms with Crippen LogP contribution in [0, 0.1) is 5.92 Å². The Balaban J connectivity index is 1.65. The summed E-state index contributed by atoms with van der Waals surface area (Å²) in [5.74, 6) is 1.92. The van der Waals surface area contributed by atoms with Crippen LogP contribution in [0.4, 0.5) is 5.82 Å². The highest BCUT2D eigenvalue weighted by atomic mass is 32.1. The van der Waals surface area contributed by atoms with Crippen LogP contribution in [-0.4, -0.2) is 35.6 Å². The maximum absolute atomic E-state index is 4.51. The molecule has 1 fully saturated rings. The van der Waals surface area contributed by atoms with Crippen LogP contribution in [0.25, 0.3) is 10.2 Å². The van der Waals surface area contributed by atoms with Gasteiger partial charge in [0.05, 0.1) is 5.39 Å². The molecule has 4 nitrogen and oxygen atoms in total. The van der Waals surface area contributed by atoms with Crippen molar-refractivity contribution in [2.75, 3.05) is 24.5 Å². The first-order chi connectivity index (χ1) is 9.74. The summed E-state index contributed by atoms with van der Waals surface area (Å²) in [6.45, 7) is 7.77. The fraction of sp³-hybridized carbons (Fsp3) is 0.600. The largest absolute Gasteiger partial charge is 0.356 e. The average molecular weight is 290 g/mol. The second-order valence-electron chi connectivity index (χ2n) is 5.83. The molecule has 0 unspecified atom stereocenters. The van der Waals surface area contributed by atoms with Gasteiger partial charge < -0.3 is 10.2 Å². The lowest BCUT2D eigenvalue weighted by Gasteiger charge is -2.33. The summed E-state index contributed by atoms with van der Waals surface area (Å²) < 4.78 is 0. The van der Waals surface area contributed by atoms with Crippen LogP contribution >= 0.6 is 11.3 Å². The number of fused-ring (bicyclic) bond motifs is 1. The van der Waals surface area contributed by atoms with E-state index < -0.39 is 0 Å². The van der Waals surface area contributed by atoms with Crippen molar-refractivity contribution < 1.29 is 0 Å². The molecular weight excluding hydrogens is 268 g/mol. The van der Waals surface area contributed by atoms with Crippen LogP contribution in [0.15, 0.2) is 17.8 Å². The van der Waals surface area contributed by atoms with E-state index >= 15 is 0 Å². The Bertz CT molecular complexity index is 558. The summed E-state index contributed by atoms with van der Waals surface area (Å²) in [4.78, 5) is 12.4. The summed E-state index contributed by atoms with van der Waals surface area (Å²) in [7, 11) is 0. The third kappa shape index (κ3) is 2.94. The average Bonchev–Trinajstić information content (AvgIpc) is 2.94. The van der Waals surface area contributed by atoms with Gasteiger partial charge in [0.2, 0.25) is 0 Å². The van der Waals surface area contributed by atoms with E-state index in [9.17, 15) is 0 Å². The molecule has 0 amide bonds. The number of piperidine rings is 1. The van der Waals surface area contributed by atoms with E-state index in [4.69, 9.17) is 0 Å². The number of anilines is 1. The molecule has 0 aliphatic carbocycles. The highest BCUT2D eigenvalue weighted by Gasteiger charge is 2.21. The van der Waals surface area contributed by atoms with Crippen LogP contribution in [0.5, 0.6) is 0 Å². The summed E-state index contributed by atoms with van der Waals surface area (Å²) in [6.07, 6.45) is 4.19. The first kappa shape index (κ1) is 13.8. The zero-order valence-corrected chi connectivity index (χ0v) is 13.0. The summed E-state index contributed by atoms with van der Waals surface area (Å²) in [6, 6.07) is 2.72. The van der Waals surface area contributed by atoms with Gasteiger partial charge >= 0.3 is 0 Å². The van der Waals surface area contributed by atoms with E-state index in [1.807, 2.05) is 0 Å². The molecule has 0 saturated carbocycles. The molecule has 0 aromatic carbocycles. The van der Waals surface area contributed by atoms with Crippen LogP contribution < -0.4 is 10.2 Å². The number of aromatic nitrogens is 2. The van der Waals surface area contributed by atoms with Gasteiger partial charge in [-0.15, -0.1) is 11.3 Å². The highest BCUT2D eigenvalue weighted by molar-refractivity contribution is 7.16. The first-order valence-corrected chi connectivity index (χ1v) is 8.28. The predicted octanol–water partition coefficient (Wildman–Crippen LogP) is 2.91. The van der Waals surface area contributed by atoms with Crippen molar-refractivity contribution in [3.05, 3.63) is 17.8 Å². The third-order valence-corrected chi connectivity index (χ3v) is 4.79. The van der Waals surface area contributed by atoms with Gasteiger partial charge in [-0.2, -0.15) is 0 Å². The lowest BCUT2D eigenvalue weighted by atomic mass is 9.96. The molecule has 0 radical (unpaired) electrons. The molecule has 108 valence electrons. The van der Waals surface area contributed by atoms with Crippen molar-refractivity contribution in [3.8, 4) is 0 Å². The molecule has 1 saturated heterocycles. The number of hydrogen-bond donors (Lipinski definition) is 1. The van der Waals surface area contributed by atoms with E-state index in [1.54, 1.807) is 17.7 Å². The molecule has 0 spiro atoms. The Labute approximate surface area is 124 Å². The summed E-state index contributed by atoms with van der Waals surface area (Å²) in [5.41, 5.74) is 0. The maximum Gasteiger partial charge on any atom is 0.140 e. The van der Waals surface area contributed by atoms with E-state index in [0.29, 0.717) is 6.04 Å². The van der Waals surface area contributed by atoms with Gasteiger partial charge in [-0.05, 0) is 36.8 Å². The van der Waals surface area contributed by atoms with Gasteiger partial charge in [-0.1, -0.05) is 13.8 Å². The molecule has 0 atom stereocenters. The van der Waals surface area contributed by atoms with Gasteiger partial charge in [0, 0.05) is 19.1 Å². The fourth-order valence-electron chi connectivity index (χ4n) is 2.78. The molecule has 3 rings (SSSR count). The van der Waals surface area contributed by atoms with Crippen molar-refractivity contribution in [1.82, 2.24) is 15.3 Å². The lowest BCUT2D eigenvalue weighted by molar-refractivity contribution is 0.370. The lowest BCUT2D eigenvalue weighted by Crippen LogP contribution is -2.39. The van der Waals surface area contributed by atoms with Crippen molar-refractivity contribution in [1.29, 1.82) is 0 Å². The first-order valence-electron chi connectivity index (χ1n) is 7.40. The van der Waals surface area contributed by atoms with Crippen LogP contribution in [0.3, 0.4) is 0 Å². The number of nitrogens with zero attached hydrogens (tertiary/aromatic N) is 3. The van der Waals surface area contributed by atoms with E-state index in [1.165, 1.54) is 18.2 Å². The molecule has 1 aliphatic heterocycles. The Morgan fingerprint density at radius 2 is 2.15 bits per heavy atom. The quantitative estimate of drug-likeness (QED) is 0.940. The molecule has 1 N–H and O–H groups in total. The zero-order chi connectivity index (χ0) is 13.9. The Hall–Kier alpha value is -1.20. The van der Waals surface area contributed by atoms with Crippen molar-refractivity contribution >= 4 is 27.4 Å². The SMILES string of the molecule is CC(C)NCC1CCN(c2ncnc3sccc23)CC1. The summed E-state index contributed by atoms with van der Waals surface area (Å²) in [5, 5.41) is 6.86. The van der Waals surface area contributed by atoms with E-state index in [-0.39, 0.29) is 0 Å². The Kier molecular flexibility index (Phi) is 4.17. The highest BCUT2D eigenvalue weighted by Crippen LogP contribution is 2.29. The zero-order valence-electron chi connectivity index (χ0n) is 12.2. The van der Waals surface area contributed by atoms with Gasteiger partial charge in [0.15, 0.2) is 0 Å². The van der Waals surface area contributed by atoms with Gasteiger partial charge in [0.1, 0.15) is 17.0 Å². The third-order valence-electron chi connectivity index (χ3n) is 3.97. The normalized spacial score (nSPS) is 17.2. The minimum atomic E-state index is 0.584. The second-order valence-corrected chi connectivity index (χ2v) is 6.72. The van der Waals surface area contributed by atoms with Crippen molar-refractivity contribution in [2.24, 2.45) is 5.92 Å². The van der Waals surface area contributed by atoms with E-state index in [0.717, 1.165) is 36.2 Å². The fourth-order valence-corrected chi connectivity index (χ4v) is 3.51. The minimum absolute atomic E-state index is 0.584. The topological polar surface area (TPSA) is 41.0 Å². The number of rotatable bonds is 4. The maximum atomic E-state index is 4.51. The Morgan fingerprint density at radius 3 is 2.90 bits per heavy atom. The minimum Gasteiger partial charge on any atom is -0.356 e. The second kappa shape index (κ2) is 6.06. The van der Waals surface area contributed by atoms with Gasteiger partial charge in [-0.25, -0.2) is 9.97 Å². The molecule has 5 heteroatoms. The van der Waals surface area contributed by atoms with Crippen LogP contribution in [-0.2, 0) is 0 Å². The molecule has 0 bridgehead atoms. The van der Waals surface area contributed by atoms with Crippen molar-refractivity contribution in [2.45, 2.75) is 32.7 Å². The van der Waals surface area contributed by atoms with Crippen LogP contribution in [0.1, 0.15) is 26.7 Å². The molecule has 1 aliphatic rings. The van der Waals surface area contributed by atoms with Gasteiger partial charge in [0.25, 0.3) is 0 Å². The number of nitrogens with one attached hydrogen (secondary N) is 1. The number of hydrogen-bond acceptors (Lipinski definition) is 5. The Morgan fingerprint density at radius 1 is 1.35 bits per heavy atom. The standard InChI is InChI=1S/C15H22N4S/c1-11(2)16-9-12-3-6-19(7-4-12)14-13-5-8-20-15(13)18-10-17-14/h5,8,10-12,16H,3-4,6-7,9H2,1-2H3. The molecular formula is C15H22N4S. The summed E-state index contributed by atoms with van der Waals surface area (Å²) >= 11 is 1.69. The van der Waals surface area contributed by atoms with Gasteiger partial charge in [-0.3, -0.25) is 0 Å². The van der Waals surface area contributed by atoms with Crippen LogP contribution in [0.2, 0.25) is 0 Å². The molecule has 3 heterocycles. The van der Waals surface area contributed by atoms with Crippen molar-refractivity contribution in [3.63, 3.8) is 0 Å². The number of thiophene rings is 1. The predicted molar refractivity (Wildman–Crippen MR) is 85.5 cm³/mol. The smallest absolute Gasteiger partial charge is 0.140 e. The molecule has 20 heavy (non-hydrogen) atoms. The molecule has 2 aromatic rings.